The van der Waals surface area contributed by atoms with Gasteiger partial charge in [0.2, 0.25) is 0 Å². The summed E-state index contributed by atoms with van der Waals surface area (Å²) in [5.41, 5.74) is 10.1. The molecular formula is C16H17ClFN. The Labute approximate surface area is 118 Å². The molecule has 0 radical (unpaired) electrons. The van der Waals surface area contributed by atoms with E-state index < -0.39 is 0 Å². The van der Waals surface area contributed by atoms with Crippen molar-refractivity contribution in [2.45, 2.75) is 26.3 Å². The molecule has 1 nitrogen and oxygen atoms in total. The van der Waals surface area contributed by atoms with Crippen LogP contribution in [-0.2, 0) is 6.42 Å². The van der Waals surface area contributed by atoms with E-state index in [0.29, 0.717) is 12.0 Å². The van der Waals surface area contributed by atoms with Crippen molar-refractivity contribution in [3.05, 3.63) is 69.5 Å². The Morgan fingerprint density at radius 1 is 1.16 bits per heavy atom. The highest BCUT2D eigenvalue weighted by Crippen LogP contribution is 2.23. The molecule has 0 saturated carbocycles. The fourth-order valence-electron chi connectivity index (χ4n) is 2.28. The minimum absolute atomic E-state index is 0.144. The molecule has 1 atom stereocenters. The van der Waals surface area contributed by atoms with Crippen molar-refractivity contribution < 1.29 is 4.39 Å². The van der Waals surface area contributed by atoms with Crippen LogP contribution < -0.4 is 5.73 Å². The van der Waals surface area contributed by atoms with Crippen molar-refractivity contribution >= 4 is 11.6 Å². The van der Waals surface area contributed by atoms with E-state index in [1.165, 1.54) is 0 Å². The molecule has 0 saturated heterocycles. The van der Waals surface area contributed by atoms with Crippen molar-refractivity contribution in [3.8, 4) is 0 Å². The topological polar surface area (TPSA) is 26.0 Å². The monoisotopic (exact) mass is 277 g/mol. The van der Waals surface area contributed by atoms with Gasteiger partial charge in [-0.05, 0) is 37.5 Å². The van der Waals surface area contributed by atoms with E-state index in [2.05, 4.69) is 6.07 Å². The maximum atomic E-state index is 13.8. The molecule has 2 rings (SSSR count). The maximum absolute atomic E-state index is 13.8. The standard InChI is InChI=1S/C16H17ClFN/c1-10-6-11(2)8-13(7-10)15(19)9-12-4-3-5-14(17)16(12)18/h3-8,15H,9,19H2,1-2H3. The SMILES string of the molecule is Cc1cc(C)cc(C(N)Cc2cccc(Cl)c2F)c1. The molecule has 3 heteroatoms. The van der Waals surface area contributed by atoms with Crippen LogP contribution in [-0.4, -0.2) is 0 Å². The Morgan fingerprint density at radius 3 is 2.42 bits per heavy atom. The number of nitrogens with two attached hydrogens (primary N) is 1. The average Bonchev–Trinajstić information content (AvgIpc) is 2.33. The second-order valence-corrected chi connectivity index (χ2v) is 5.35. The highest BCUT2D eigenvalue weighted by atomic mass is 35.5. The summed E-state index contributed by atoms with van der Waals surface area (Å²) >= 11 is 5.78. The van der Waals surface area contributed by atoms with Gasteiger partial charge in [0.25, 0.3) is 0 Å². The Bertz CT molecular complexity index is 575. The second kappa shape index (κ2) is 5.72. The molecule has 0 heterocycles. The van der Waals surface area contributed by atoms with Gasteiger partial charge in [0.1, 0.15) is 5.82 Å². The average molecular weight is 278 g/mol. The molecule has 0 aliphatic heterocycles. The van der Waals surface area contributed by atoms with E-state index in [9.17, 15) is 4.39 Å². The van der Waals surface area contributed by atoms with Crippen molar-refractivity contribution in [1.29, 1.82) is 0 Å². The first-order valence-electron chi connectivity index (χ1n) is 6.24. The van der Waals surface area contributed by atoms with Crippen LogP contribution in [0.2, 0.25) is 5.02 Å². The molecule has 0 bridgehead atoms. The molecule has 19 heavy (non-hydrogen) atoms. The molecule has 1 unspecified atom stereocenters. The summed E-state index contributed by atoms with van der Waals surface area (Å²) in [6.45, 7) is 4.06. The lowest BCUT2D eigenvalue weighted by Gasteiger charge is -2.14. The zero-order valence-corrected chi connectivity index (χ0v) is 11.8. The smallest absolute Gasteiger partial charge is 0.145 e. The van der Waals surface area contributed by atoms with Gasteiger partial charge in [-0.25, -0.2) is 4.39 Å². The van der Waals surface area contributed by atoms with Gasteiger partial charge < -0.3 is 5.73 Å². The number of halogens is 2. The van der Waals surface area contributed by atoms with Crippen LogP contribution in [0.4, 0.5) is 4.39 Å². The van der Waals surface area contributed by atoms with Crippen molar-refractivity contribution in [1.82, 2.24) is 0 Å². The lowest BCUT2D eigenvalue weighted by atomic mass is 9.96. The van der Waals surface area contributed by atoms with E-state index in [1.54, 1.807) is 18.2 Å². The van der Waals surface area contributed by atoms with Gasteiger partial charge in [-0.15, -0.1) is 0 Å². The molecule has 0 aliphatic rings. The Kier molecular flexibility index (Phi) is 4.23. The molecule has 0 fully saturated rings. The summed E-state index contributed by atoms with van der Waals surface area (Å²) in [5, 5.41) is 0.144. The van der Waals surface area contributed by atoms with Crippen LogP contribution in [0.15, 0.2) is 36.4 Å². The Balaban J connectivity index is 2.25. The summed E-state index contributed by atoms with van der Waals surface area (Å²) < 4.78 is 13.8. The first kappa shape index (κ1) is 14.0. The first-order chi connectivity index (χ1) is 8.97. The number of benzene rings is 2. The molecule has 100 valence electrons. The highest BCUT2D eigenvalue weighted by molar-refractivity contribution is 6.30. The lowest BCUT2D eigenvalue weighted by Crippen LogP contribution is -2.14. The minimum atomic E-state index is -0.371. The van der Waals surface area contributed by atoms with Crippen LogP contribution in [0, 0.1) is 19.7 Å². The zero-order valence-electron chi connectivity index (χ0n) is 11.1. The van der Waals surface area contributed by atoms with E-state index >= 15 is 0 Å². The maximum Gasteiger partial charge on any atom is 0.145 e. The number of hydrogen-bond donors (Lipinski definition) is 1. The minimum Gasteiger partial charge on any atom is -0.324 e. The van der Waals surface area contributed by atoms with Crippen LogP contribution >= 0.6 is 11.6 Å². The molecule has 0 aliphatic carbocycles. The third-order valence-electron chi connectivity index (χ3n) is 3.14. The van der Waals surface area contributed by atoms with E-state index in [0.717, 1.165) is 16.7 Å². The van der Waals surface area contributed by atoms with Crippen LogP contribution in [0.3, 0.4) is 0 Å². The van der Waals surface area contributed by atoms with Gasteiger partial charge in [0.15, 0.2) is 0 Å². The fourth-order valence-corrected chi connectivity index (χ4v) is 2.48. The largest absolute Gasteiger partial charge is 0.324 e. The Morgan fingerprint density at radius 2 is 1.79 bits per heavy atom. The predicted molar refractivity (Wildman–Crippen MR) is 78.0 cm³/mol. The quantitative estimate of drug-likeness (QED) is 0.887. The zero-order chi connectivity index (χ0) is 14.0. The molecule has 0 spiro atoms. The van der Waals surface area contributed by atoms with Gasteiger partial charge >= 0.3 is 0 Å². The molecule has 0 amide bonds. The van der Waals surface area contributed by atoms with Crippen LogP contribution in [0.1, 0.15) is 28.3 Å². The third-order valence-corrected chi connectivity index (χ3v) is 3.44. The number of aryl methyl sites for hydroxylation is 2. The normalized spacial score (nSPS) is 12.5. The van der Waals surface area contributed by atoms with Gasteiger partial charge in [-0.1, -0.05) is 53.1 Å². The van der Waals surface area contributed by atoms with E-state index in [4.69, 9.17) is 17.3 Å². The first-order valence-corrected chi connectivity index (χ1v) is 6.62. The van der Waals surface area contributed by atoms with Crippen LogP contribution in [0.5, 0.6) is 0 Å². The van der Waals surface area contributed by atoms with Crippen molar-refractivity contribution in [3.63, 3.8) is 0 Å². The molecule has 0 aromatic heterocycles. The molecule has 2 aromatic rings. The van der Waals surface area contributed by atoms with Crippen LogP contribution in [0.25, 0.3) is 0 Å². The van der Waals surface area contributed by atoms with Gasteiger partial charge in [-0.3, -0.25) is 0 Å². The number of rotatable bonds is 3. The third kappa shape index (κ3) is 3.34. The number of hydrogen-bond acceptors (Lipinski definition) is 1. The Hall–Kier alpha value is -1.38. The lowest BCUT2D eigenvalue weighted by molar-refractivity contribution is 0.593. The highest BCUT2D eigenvalue weighted by Gasteiger charge is 2.12. The van der Waals surface area contributed by atoms with Crippen molar-refractivity contribution in [2.75, 3.05) is 0 Å². The molecule has 2 aromatic carbocycles. The summed E-state index contributed by atoms with van der Waals surface area (Å²) in [5.74, 6) is -0.371. The van der Waals surface area contributed by atoms with Gasteiger partial charge in [0, 0.05) is 6.04 Å². The molecule has 2 N–H and O–H groups in total. The van der Waals surface area contributed by atoms with E-state index in [1.807, 2.05) is 26.0 Å². The van der Waals surface area contributed by atoms with Crippen molar-refractivity contribution in [2.24, 2.45) is 5.73 Å². The second-order valence-electron chi connectivity index (χ2n) is 4.94. The summed E-state index contributed by atoms with van der Waals surface area (Å²) in [4.78, 5) is 0. The van der Waals surface area contributed by atoms with Gasteiger partial charge in [0.05, 0.1) is 5.02 Å². The molecular weight excluding hydrogens is 261 g/mol. The fraction of sp³-hybridized carbons (Fsp3) is 0.250. The predicted octanol–water partition coefficient (Wildman–Crippen LogP) is 4.34. The summed E-state index contributed by atoms with van der Waals surface area (Å²) in [7, 11) is 0. The van der Waals surface area contributed by atoms with E-state index in [-0.39, 0.29) is 16.9 Å². The summed E-state index contributed by atoms with van der Waals surface area (Å²) in [6, 6.07) is 11.0. The summed E-state index contributed by atoms with van der Waals surface area (Å²) in [6.07, 6.45) is 0.440. The van der Waals surface area contributed by atoms with Gasteiger partial charge in [-0.2, -0.15) is 0 Å².